The van der Waals surface area contributed by atoms with E-state index < -0.39 is 0 Å². The van der Waals surface area contributed by atoms with Crippen molar-refractivity contribution in [3.8, 4) is 5.69 Å². The Balaban J connectivity index is 1.49. The van der Waals surface area contributed by atoms with Gasteiger partial charge in [-0.15, -0.1) is 0 Å². The van der Waals surface area contributed by atoms with Crippen LogP contribution in [-0.4, -0.2) is 43.8 Å². The van der Waals surface area contributed by atoms with Crippen LogP contribution < -0.4 is 5.56 Å². The van der Waals surface area contributed by atoms with E-state index in [9.17, 15) is 9.59 Å². The third-order valence-corrected chi connectivity index (χ3v) is 5.10. The summed E-state index contributed by atoms with van der Waals surface area (Å²) in [5.41, 5.74) is 0.713. The van der Waals surface area contributed by atoms with Crippen molar-refractivity contribution in [3.63, 3.8) is 0 Å². The van der Waals surface area contributed by atoms with Gasteiger partial charge >= 0.3 is 0 Å². The Morgan fingerprint density at radius 2 is 2.10 bits per heavy atom. The third kappa shape index (κ3) is 4.16. The molecule has 1 N–H and O–H groups in total. The predicted octanol–water partition coefficient (Wildman–Crippen LogP) is 2.77. The van der Waals surface area contributed by atoms with Gasteiger partial charge in [0.05, 0.1) is 11.6 Å². The van der Waals surface area contributed by atoms with E-state index in [1.54, 1.807) is 4.90 Å². The highest BCUT2D eigenvalue weighted by Crippen LogP contribution is 2.26. The van der Waals surface area contributed by atoms with Crippen LogP contribution in [0.25, 0.3) is 5.69 Å². The van der Waals surface area contributed by atoms with Gasteiger partial charge in [0.1, 0.15) is 5.69 Å². The number of hydrogen-bond donors (Lipinski definition) is 1. The summed E-state index contributed by atoms with van der Waals surface area (Å²) in [5.74, 6) is 1.58. The summed E-state index contributed by atoms with van der Waals surface area (Å²) in [5, 5.41) is 7.00. The molecule has 0 radical (unpaired) electrons. The third-order valence-electron chi connectivity index (χ3n) is 5.10. The minimum absolute atomic E-state index is 0.0176. The zero-order valence-corrected chi connectivity index (χ0v) is 16.7. The number of aromatic amines is 1. The molecule has 152 valence electrons. The molecule has 8 heteroatoms. The number of hydrogen-bond acceptors (Lipinski definition) is 5. The van der Waals surface area contributed by atoms with Gasteiger partial charge in [0.25, 0.3) is 11.5 Å². The molecule has 3 heterocycles. The molecule has 1 aromatic carbocycles. The molecule has 1 atom stereocenters. The normalized spacial score (nSPS) is 17.1. The summed E-state index contributed by atoms with van der Waals surface area (Å²) in [6.45, 7) is 5.36. The van der Waals surface area contributed by atoms with Gasteiger partial charge in [0.2, 0.25) is 5.89 Å². The smallest absolute Gasteiger partial charge is 0.271 e. The van der Waals surface area contributed by atoms with Gasteiger partial charge in [-0.05, 0) is 30.9 Å². The molecule has 1 fully saturated rings. The van der Waals surface area contributed by atoms with E-state index in [2.05, 4.69) is 29.1 Å². The molecule has 0 saturated carbocycles. The first-order valence-electron chi connectivity index (χ1n) is 10.0. The van der Waals surface area contributed by atoms with Crippen LogP contribution in [0.15, 0.2) is 45.7 Å². The average molecular weight is 395 g/mol. The number of nitrogens with one attached hydrogen (secondary N) is 1. The highest BCUT2D eigenvalue weighted by molar-refractivity contribution is 5.92. The molecular formula is C21H25N5O3. The number of carbonyl (C=O) groups is 1. The van der Waals surface area contributed by atoms with Crippen LogP contribution in [-0.2, 0) is 6.42 Å². The Morgan fingerprint density at radius 1 is 1.31 bits per heavy atom. The molecule has 1 unspecified atom stereocenters. The Morgan fingerprint density at radius 3 is 2.86 bits per heavy atom. The fourth-order valence-electron chi connectivity index (χ4n) is 3.69. The van der Waals surface area contributed by atoms with Crippen LogP contribution in [0.5, 0.6) is 0 Å². The van der Waals surface area contributed by atoms with Crippen molar-refractivity contribution in [1.29, 1.82) is 0 Å². The molecule has 3 aromatic rings. The van der Waals surface area contributed by atoms with Crippen LogP contribution >= 0.6 is 0 Å². The number of carbonyl (C=O) groups excluding carboxylic acids is 1. The first-order valence-corrected chi connectivity index (χ1v) is 10.0. The molecule has 1 saturated heterocycles. The van der Waals surface area contributed by atoms with Gasteiger partial charge in [0.15, 0.2) is 5.82 Å². The lowest BCUT2D eigenvalue weighted by molar-refractivity contribution is 0.0689. The summed E-state index contributed by atoms with van der Waals surface area (Å²) >= 11 is 0. The van der Waals surface area contributed by atoms with Crippen molar-refractivity contribution in [3.05, 3.63) is 64.2 Å². The number of piperidine rings is 1. The second kappa shape index (κ2) is 8.06. The van der Waals surface area contributed by atoms with Crippen molar-refractivity contribution in [2.75, 3.05) is 13.1 Å². The molecule has 0 aliphatic carbocycles. The van der Waals surface area contributed by atoms with Crippen molar-refractivity contribution >= 4 is 5.91 Å². The molecular weight excluding hydrogens is 370 g/mol. The van der Waals surface area contributed by atoms with Gasteiger partial charge in [-0.1, -0.05) is 37.2 Å². The highest BCUT2D eigenvalue weighted by Gasteiger charge is 2.30. The number of H-pyrrole nitrogens is 1. The largest absolute Gasteiger partial charge is 0.339 e. The Hall–Kier alpha value is -3.16. The highest BCUT2D eigenvalue weighted by atomic mass is 16.5. The average Bonchev–Trinajstić information content (AvgIpc) is 3.34. The van der Waals surface area contributed by atoms with E-state index >= 15 is 0 Å². The fourth-order valence-corrected chi connectivity index (χ4v) is 3.69. The van der Waals surface area contributed by atoms with Gasteiger partial charge in [-0.2, -0.15) is 4.98 Å². The first kappa shape index (κ1) is 19.2. The van der Waals surface area contributed by atoms with Crippen molar-refractivity contribution in [2.45, 2.75) is 39.0 Å². The van der Waals surface area contributed by atoms with Crippen LogP contribution in [0.3, 0.4) is 0 Å². The summed E-state index contributed by atoms with van der Waals surface area (Å²) in [6, 6.07) is 10.5. The van der Waals surface area contributed by atoms with E-state index in [-0.39, 0.29) is 23.1 Å². The Bertz CT molecular complexity index is 1030. The quantitative estimate of drug-likeness (QED) is 0.716. The lowest BCUT2D eigenvalue weighted by Crippen LogP contribution is -2.39. The number of rotatable bonds is 5. The van der Waals surface area contributed by atoms with Crippen LogP contribution in [0, 0.1) is 5.92 Å². The van der Waals surface area contributed by atoms with E-state index in [0.29, 0.717) is 36.4 Å². The molecule has 29 heavy (non-hydrogen) atoms. The summed E-state index contributed by atoms with van der Waals surface area (Å²) < 4.78 is 6.84. The number of nitrogens with zero attached hydrogens (tertiary/aromatic N) is 4. The molecule has 0 spiro atoms. The monoisotopic (exact) mass is 395 g/mol. The number of aromatic nitrogens is 4. The van der Waals surface area contributed by atoms with Crippen molar-refractivity contribution in [1.82, 2.24) is 24.8 Å². The van der Waals surface area contributed by atoms with E-state index in [1.165, 1.54) is 10.7 Å². The van der Waals surface area contributed by atoms with Gasteiger partial charge in [0, 0.05) is 25.6 Å². The van der Waals surface area contributed by atoms with Crippen LogP contribution in [0.2, 0.25) is 0 Å². The molecule has 4 rings (SSSR count). The fraction of sp³-hybridized carbons (Fsp3) is 0.429. The number of para-hydroxylation sites is 1. The Kier molecular flexibility index (Phi) is 5.33. The maximum Gasteiger partial charge on any atom is 0.271 e. The summed E-state index contributed by atoms with van der Waals surface area (Å²) in [6.07, 6.45) is 2.52. The van der Waals surface area contributed by atoms with Crippen molar-refractivity contribution in [2.24, 2.45) is 5.92 Å². The topological polar surface area (TPSA) is 97.0 Å². The molecule has 1 aliphatic heterocycles. The summed E-state index contributed by atoms with van der Waals surface area (Å²) in [4.78, 5) is 31.6. The van der Waals surface area contributed by atoms with E-state index in [0.717, 1.165) is 19.3 Å². The number of amides is 1. The maximum absolute atomic E-state index is 13.0. The first-order chi connectivity index (χ1) is 14.0. The standard InChI is InChI=1S/C21H25N5O3/c1-14(2)11-18-22-20(29-24-18)15-7-6-10-25(13-15)21(28)17-12-19(27)26(23-17)16-8-4-3-5-9-16/h3-5,8-9,12,14-15,23H,6-7,10-11,13H2,1-2H3. The SMILES string of the molecule is CC(C)Cc1noc(C2CCCN(C(=O)c3cc(=O)n(-c4ccccc4)[nH]3)C2)n1. The summed E-state index contributed by atoms with van der Waals surface area (Å²) in [7, 11) is 0. The second-order valence-corrected chi connectivity index (χ2v) is 7.92. The minimum atomic E-state index is -0.261. The van der Waals surface area contributed by atoms with Crippen LogP contribution in [0.4, 0.5) is 0 Å². The van der Waals surface area contributed by atoms with Gasteiger partial charge < -0.3 is 9.42 Å². The molecule has 0 bridgehead atoms. The Labute approximate surface area is 168 Å². The van der Waals surface area contributed by atoms with Crippen molar-refractivity contribution < 1.29 is 9.32 Å². The second-order valence-electron chi connectivity index (χ2n) is 7.92. The van der Waals surface area contributed by atoms with E-state index in [1.807, 2.05) is 30.3 Å². The van der Waals surface area contributed by atoms with E-state index in [4.69, 9.17) is 4.52 Å². The van der Waals surface area contributed by atoms with Crippen LogP contribution in [0.1, 0.15) is 54.8 Å². The molecule has 2 aromatic heterocycles. The van der Waals surface area contributed by atoms with Gasteiger partial charge in [-0.3, -0.25) is 14.7 Å². The lowest BCUT2D eigenvalue weighted by atomic mass is 9.97. The minimum Gasteiger partial charge on any atom is -0.339 e. The lowest BCUT2D eigenvalue weighted by Gasteiger charge is -2.30. The predicted molar refractivity (Wildman–Crippen MR) is 107 cm³/mol. The van der Waals surface area contributed by atoms with Gasteiger partial charge in [-0.25, -0.2) is 4.68 Å². The maximum atomic E-state index is 13.0. The zero-order chi connectivity index (χ0) is 20.4. The number of benzene rings is 1. The zero-order valence-electron chi connectivity index (χ0n) is 16.7. The molecule has 1 amide bonds. The molecule has 1 aliphatic rings. The molecule has 8 nitrogen and oxygen atoms in total. The number of likely N-dealkylation sites (tertiary alicyclic amines) is 1.